The minimum Gasteiger partial charge on any atom is -0.378 e. The van der Waals surface area contributed by atoms with Crippen molar-refractivity contribution in [3.05, 3.63) is 68.1 Å². The molecule has 7 heteroatoms. The third-order valence-corrected chi connectivity index (χ3v) is 4.62. The molecule has 0 spiro atoms. The summed E-state index contributed by atoms with van der Waals surface area (Å²) in [6.07, 6.45) is 9.11. The summed E-state index contributed by atoms with van der Waals surface area (Å²) in [5.74, 6) is 0. The van der Waals surface area contributed by atoms with Crippen LogP contribution in [0.25, 0.3) is 0 Å². The number of nitrogens with zero attached hydrogens (tertiary/aromatic N) is 4. The summed E-state index contributed by atoms with van der Waals surface area (Å²) < 4.78 is 1.88. The molecule has 0 aliphatic heterocycles. The molecule has 0 atom stereocenters. The standard InChI is InChI=1S/2C7H10N2.C5H8.CH3.2ClH.Ru/c2*1-9(2)7-3-5-8-6-4-7;1-4-5(2)3;;;;/h2*3-6H,1-2H3;1,4H,2-3H3;1H3;2*1H;/q;;;-1;;;+2/p-2. The van der Waals surface area contributed by atoms with Gasteiger partial charge in [-0.05, 0) is 24.3 Å². The first-order chi connectivity index (χ1) is 12.2. The number of rotatable bonds is 3. The van der Waals surface area contributed by atoms with Gasteiger partial charge in [0, 0.05) is 64.4 Å². The van der Waals surface area contributed by atoms with E-state index in [2.05, 4.69) is 9.97 Å². The fourth-order valence-corrected chi connectivity index (χ4v) is 2.77. The second-order valence-corrected chi connectivity index (χ2v) is 11.6. The van der Waals surface area contributed by atoms with Crippen molar-refractivity contribution in [1.82, 2.24) is 9.97 Å². The quantitative estimate of drug-likeness (QED) is 0.417. The van der Waals surface area contributed by atoms with E-state index in [1.165, 1.54) is 16.9 Å². The fourth-order valence-electron chi connectivity index (χ4n) is 1.45. The van der Waals surface area contributed by atoms with Gasteiger partial charge in [0.1, 0.15) is 0 Å². The van der Waals surface area contributed by atoms with E-state index in [0.717, 1.165) is 0 Å². The van der Waals surface area contributed by atoms with E-state index in [4.69, 9.17) is 19.4 Å². The van der Waals surface area contributed by atoms with E-state index in [0.29, 0.717) is 0 Å². The second kappa shape index (κ2) is 16.9. The third kappa shape index (κ3) is 16.6. The largest absolute Gasteiger partial charge is 0.378 e. The van der Waals surface area contributed by atoms with E-state index < -0.39 is 13.5 Å². The van der Waals surface area contributed by atoms with Gasteiger partial charge in [-0.2, -0.15) is 0 Å². The van der Waals surface area contributed by atoms with Gasteiger partial charge in [0.15, 0.2) is 0 Å². The van der Waals surface area contributed by atoms with Crippen molar-refractivity contribution in [3.8, 4) is 0 Å². The molecule has 0 fully saturated rings. The monoisotopic (exact) mass is 499 g/mol. The maximum Gasteiger partial charge on any atom is 0.0391 e. The van der Waals surface area contributed by atoms with Gasteiger partial charge >= 0.3 is 63.0 Å². The van der Waals surface area contributed by atoms with Gasteiger partial charge < -0.3 is 17.2 Å². The third-order valence-electron chi connectivity index (χ3n) is 2.84. The molecular formula is C20H31Cl2N4Ru-. The summed E-state index contributed by atoms with van der Waals surface area (Å²) in [6.45, 7) is 4.03. The van der Waals surface area contributed by atoms with Crippen molar-refractivity contribution in [2.24, 2.45) is 0 Å². The smallest absolute Gasteiger partial charge is 0.0391 e. The average molecular weight is 499 g/mol. The second-order valence-electron chi connectivity index (χ2n) is 5.77. The normalized spacial score (nSPS) is 9.11. The predicted molar refractivity (Wildman–Crippen MR) is 121 cm³/mol. The zero-order valence-electron chi connectivity index (χ0n) is 17.2. The molecule has 0 aromatic carbocycles. The van der Waals surface area contributed by atoms with Gasteiger partial charge in [-0.3, -0.25) is 9.97 Å². The molecule has 0 amide bonds. The van der Waals surface area contributed by atoms with Crippen LogP contribution in [-0.2, 0) is 13.5 Å². The van der Waals surface area contributed by atoms with Gasteiger partial charge in [-0.15, -0.1) is 0 Å². The van der Waals surface area contributed by atoms with Crippen LogP contribution in [0.1, 0.15) is 13.8 Å². The van der Waals surface area contributed by atoms with Crippen LogP contribution < -0.4 is 9.80 Å². The molecule has 0 aliphatic carbocycles. The van der Waals surface area contributed by atoms with Crippen LogP contribution in [0.15, 0.2) is 60.7 Å². The summed E-state index contributed by atoms with van der Waals surface area (Å²) in [4.78, 5) is 11.9. The molecule has 0 saturated heterocycles. The molecule has 0 unspecified atom stereocenters. The first-order valence-corrected chi connectivity index (χ1v) is 13.3. The molecule has 0 aliphatic rings. The molecule has 2 aromatic rings. The van der Waals surface area contributed by atoms with Crippen molar-refractivity contribution >= 4 is 35.4 Å². The molecule has 154 valence electrons. The number of pyridine rings is 2. The number of halogens is 2. The molecule has 27 heavy (non-hydrogen) atoms. The minimum absolute atomic E-state index is 0. The number of anilines is 2. The molecule has 4 nitrogen and oxygen atoms in total. The molecule has 0 radical (unpaired) electrons. The zero-order valence-corrected chi connectivity index (χ0v) is 20.4. The summed E-state index contributed by atoms with van der Waals surface area (Å²) in [5, 5.41) is 0. The predicted octanol–water partition coefficient (Wildman–Crippen LogP) is 5.43. The summed E-state index contributed by atoms with van der Waals surface area (Å²) in [6, 6.07) is 7.89. The average Bonchev–Trinajstić information content (AvgIpc) is 2.62. The van der Waals surface area contributed by atoms with Crippen molar-refractivity contribution in [2.75, 3.05) is 38.0 Å². The Labute approximate surface area is 178 Å². The maximum absolute atomic E-state index is 5.53. The minimum atomic E-state index is -1.52. The number of hydrogen-bond acceptors (Lipinski definition) is 4. The van der Waals surface area contributed by atoms with E-state index in [1.54, 1.807) is 24.8 Å². The molecule has 2 rings (SSSR count). The fraction of sp³-hybridized carbons (Fsp3) is 0.300. The van der Waals surface area contributed by atoms with E-state index in [1.807, 2.05) is 86.8 Å². The molecule has 0 saturated carbocycles. The molecular weight excluding hydrogens is 468 g/mol. The molecule has 2 aromatic heterocycles. The molecule has 2 heterocycles. The van der Waals surface area contributed by atoms with Gasteiger partial charge in [0.25, 0.3) is 0 Å². The Kier molecular flexibility index (Phi) is 17.4. The van der Waals surface area contributed by atoms with Crippen molar-refractivity contribution in [1.29, 1.82) is 0 Å². The Morgan fingerprint density at radius 1 is 0.815 bits per heavy atom. The van der Waals surface area contributed by atoms with Gasteiger partial charge in [-0.1, -0.05) is 0 Å². The Morgan fingerprint density at radius 3 is 1.30 bits per heavy atom. The van der Waals surface area contributed by atoms with Crippen molar-refractivity contribution in [3.63, 3.8) is 0 Å². The Balaban J connectivity index is 0. The molecule has 0 bridgehead atoms. The van der Waals surface area contributed by atoms with Crippen molar-refractivity contribution in [2.45, 2.75) is 13.8 Å². The van der Waals surface area contributed by atoms with Crippen LogP contribution in [0.5, 0.6) is 0 Å². The van der Waals surface area contributed by atoms with Crippen LogP contribution in [0.2, 0.25) is 0 Å². The number of aromatic nitrogens is 2. The van der Waals surface area contributed by atoms with E-state index in [9.17, 15) is 0 Å². The number of hydrogen-bond donors (Lipinski definition) is 0. The van der Waals surface area contributed by atoms with Crippen LogP contribution in [0, 0.1) is 7.43 Å². The van der Waals surface area contributed by atoms with E-state index in [-0.39, 0.29) is 7.43 Å². The zero-order chi connectivity index (χ0) is 19.9. The first kappa shape index (κ1) is 27.9. The first-order valence-electron chi connectivity index (χ1n) is 7.85. The Bertz CT molecular complexity index is 593. The number of allylic oxidation sites excluding steroid dienone is 2. The van der Waals surface area contributed by atoms with Crippen molar-refractivity contribution < 1.29 is 13.5 Å². The van der Waals surface area contributed by atoms with Crippen LogP contribution in [0.4, 0.5) is 11.4 Å². The van der Waals surface area contributed by atoms with Gasteiger partial charge in [0.2, 0.25) is 0 Å². The summed E-state index contributed by atoms with van der Waals surface area (Å²) >= 11 is -1.52. The topological polar surface area (TPSA) is 32.3 Å². The van der Waals surface area contributed by atoms with Crippen LogP contribution in [-0.4, -0.2) is 42.8 Å². The Morgan fingerprint density at radius 2 is 1.15 bits per heavy atom. The SMILES string of the molecule is CC(C)=C[CH]=[Ru]([Cl])[Cl].CN(C)c1ccncc1.CN(C)c1ccncc1.[CH3-]. The van der Waals surface area contributed by atoms with Crippen LogP contribution in [0.3, 0.4) is 0 Å². The van der Waals surface area contributed by atoms with Gasteiger partial charge in [-0.25, -0.2) is 0 Å². The van der Waals surface area contributed by atoms with E-state index >= 15 is 0 Å². The van der Waals surface area contributed by atoms with Crippen LogP contribution >= 0.6 is 19.4 Å². The van der Waals surface area contributed by atoms with Gasteiger partial charge in [0.05, 0.1) is 0 Å². The Hall–Kier alpha value is -1.29. The summed E-state index contributed by atoms with van der Waals surface area (Å²) in [5.41, 5.74) is 3.61. The summed E-state index contributed by atoms with van der Waals surface area (Å²) in [7, 11) is 19.1. The molecule has 0 N–H and O–H groups in total. The maximum atomic E-state index is 5.53.